The van der Waals surface area contributed by atoms with Gasteiger partial charge < -0.3 is 20.0 Å². The summed E-state index contributed by atoms with van der Waals surface area (Å²) >= 11 is 0. The first-order valence-electron chi connectivity index (χ1n) is 7.64. The van der Waals surface area contributed by atoms with Crippen LogP contribution in [0.15, 0.2) is 23.4 Å². The largest absolute Gasteiger partial charge is 0.479 e. The molecule has 1 fully saturated rings. The zero-order valence-electron chi connectivity index (χ0n) is 13.3. The summed E-state index contributed by atoms with van der Waals surface area (Å²) < 4.78 is 31.7. The molecule has 0 aliphatic carbocycles. The first kappa shape index (κ1) is 17.3. The summed E-state index contributed by atoms with van der Waals surface area (Å²) in [5.41, 5.74) is -0.898. The van der Waals surface area contributed by atoms with Crippen molar-refractivity contribution in [3.63, 3.8) is 0 Å². The number of carbonyl (C=O) groups excluding carboxylic acids is 1. The van der Waals surface area contributed by atoms with Gasteiger partial charge in [0.25, 0.3) is 5.91 Å². The number of benzene rings is 1. The molecule has 2 aliphatic heterocycles. The zero-order chi connectivity index (χ0) is 18.2. The smallest absolute Gasteiger partial charge is 0.332 e. The lowest BCUT2D eigenvalue weighted by molar-refractivity contribution is -0.147. The van der Waals surface area contributed by atoms with Crippen molar-refractivity contribution in [1.29, 1.82) is 0 Å². The molecule has 1 aromatic carbocycles. The van der Waals surface area contributed by atoms with Gasteiger partial charge in [-0.05, 0) is 19.1 Å². The van der Waals surface area contributed by atoms with E-state index in [1.165, 1.54) is 6.92 Å². The van der Waals surface area contributed by atoms with Crippen LogP contribution in [0.5, 0.6) is 0 Å². The Bertz CT molecular complexity index is 734. The first-order valence-corrected chi connectivity index (χ1v) is 7.64. The third-order valence-corrected chi connectivity index (χ3v) is 4.15. The van der Waals surface area contributed by atoms with Crippen molar-refractivity contribution in [1.82, 2.24) is 5.32 Å². The SMILES string of the molecule is CC1(C(=O)NC2COC(C(=O)O)C2)CC(c2cc(F)cc(F)c2)=NO1. The number of halogens is 2. The lowest BCUT2D eigenvalue weighted by atomic mass is 9.94. The fourth-order valence-electron chi connectivity index (χ4n) is 2.77. The molecule has 7 nitrogen and oxygen atoms in total. The number of carbonyl (C=O) groups is 2. The highest BCUT2D eigenvalue weighted by Gasteiger charge is 2.44. The van der Waals surface area contributed by atoms with E-state index in [1.807, 2.05) is 0 Å². The normalized spacial score (nSPS) is 28.4. The highest BCUT2D eigenvalue weighted by molar-refractivity contribution is 6.05. The lowest BCUT2D eigenvalue weighted by Gasteiger charge is -2.22. The number of carboxylic acids is 1. The molecule has 0 spiro atoms. The second-order valence-corrected chi connectivity index (χ2v) is 6.26. The summed E-state index contributed by atoms with van der Waals surface area (Å²) in [5, 5.41) is 15.3. The topological polar surface area (TPSA) is 97.2 Å². The van der Waals surface area contributed by atoms with Crippen molar-refractivity contribution in [2.45, 2.75) is 37.5 Å². The fourth-order valence-corrected chi connectivity index (χ4v) is 2.77. The van der Waals surface area contributed by atoms with Crippen LogP contribution in [0.4, 0.5) is 8.78 Å². The summed E-state index contributed by atoms with van der Waals surface area (Å²) in [6, 6.07) is 2.50. The third kappa shape index (κ3) is 3.60. The summed E-state index contributed by atoms with van der Waals surface area (Å²) in [4.78, 5) is 28.5. The number of oxime groups is 1. The van der Waals surface area contributed by atoms with Crippen LogP contribution in [-0.2, 0) is 19.2 Å². The van der Waals surface area contributed by atoms with Gasteiger partial charge in [-0.2, -0.15) is 0 Å². The molecule has 0 aromatic heterocycles. The molecule has 2 aliphatic rings. The maximum Gasteiger partial charge on any atom is 0.332 e. The predicted molar refractivity (Wildman–Crippen MR) is 80.9 cm³/mol. The van der Waals surface area contributed by atoms with E-state index in [0.29, 0.717) is 0 Å². The monoisotopic (exact) mass is 354 g/mol. The minimum atomic E-state index is -1.35. The van der Waals surface area contributed by atoms with Crippen molar-refractivity contribution < 1.29 is 33.1 Å². The van der Waals surface area contributed by atoms with Crippen LogP contribution in [0.2, 0.25) is 0 Å². The van der Waals surface area contributed by atoms with Gasteiger partial charge in [0, 0.05) is 24.5 Å². The van der Waals surface area contributed by atoms with Crippen molar-refractivity contribution in [3.05, 3.63) is 35.4 Å². The molecule has 3 atom stereocenters. The number of nitrogens with zero attached hydrogens (tertiary/aromatic N) is 1. The summed E-state index contributed by atoms with van der Waals surface area (Å²) in [5.74, 6) is -3.08. The van der Waals surface area contributed by atoms with Gasteiger partial charge in [-0.15, -0.1) is 0 Å². The Morgan fingerprint density at radius 2 is 2.00 bits per heavy atom. The minimum Gasteiger partial charge on any atom is -0.479 e. The number of ether oxygens (including phenoxy) is 1. The number of nitrogens with one attached hydrogen (secondary N) is 1. The average molecular weight is 354 g/mol. The summed E-state index contributed by atoms with van der Waals surface area (Å²) in [7, 11) is 0. The van der Waals surface area contributed by atoms with E-state index in [2.05, 4.69) is 10.5 Å². The van der Waals surface area contributed by atoms with E-state index < -0.39 is 41.3 Å². The standard InChI is InChI=1S/C16H16F2N2O5/c1-16(15(23)19-11-5-13(14(21)22)24-7-11)6-12(20-25-16)8-2-9(17)4-10(18)3-8/h2-4,11,13H,5-7H2,1H3,(H,19,23)(H,21,22). The summed E-state index contributed by atoms with van der Waals surface area (Å²) in [6.45, 7) is 1.58. The number of amides is 1. The third-order valence-electron chi connectivity index (χ3n) is 4.15. The van der Waals surface area contributed by atoms with Crippen LogP contribution >= 0.6 is 0 Å². The van der Waals surface area contributed by atoms with E-state index in [-0.39, 0.29) is 30.7 Å². The van der Waals surface area contributed by atoms with Crippen molar-refractivity contribution in [3.8, 4) is 0 Å². The Morgan fingerprint density at radius 1 is 1.32 bits per heavy atom. The first-order chi connectivity index (χ1) is 11.8. The number of hydrogen-bond donors (Lipinski definition) is 2. The molecule has 9 heteroatoms. The van der Waals surface area contributed by atoms with Crippen LogP contribution in [0.3, 0.4) is 0 Å². The molecule has 0 radical (unpaired) electrons. The second kappa shape index (κ2) is 6.40. The average Bonchev–Trinajstić information content (AvgIpc) is 3.14. The Balaban J connectivity index is 1.64. The highest BCUT2D eigenvalue weighted by Crippen LogP contribution is 2.28. The molecule has 3 unspecified atom stereocenters. The summed E-state index contributed by atoms with van der Waals surface area (Å²) in [6.07, 6.45) is -0.776. The van der Waals surface area contributed by atoms with Crippen LogP contribution in [0, 0.1) is 11.6 Å². The van der Waals surface area contributed by atoms with E-state index in [9.17, 15) is 18.4 Å². The van der Waals surface area contributed by atoms with Gasteiger partial charge in [0.2, 0.25) is 5.60 Å². The molecule has 0 saturated carbocycles. The Hall–Kier alpha value is -2.55. The molecule has 0 bridgehead atoms. The van der Waals surface area contributed by atoms with Gasteiger partial charge in [-0.1, -0.05) is 5.16 Å². The molecule has 134 valence electrons. The van der Waals surface area contributed by atoms with Gasteiger partial charge in [-0.3, -0.25) is 4.79 Å². The van der Waals surface area contributed by atoms with Crippen LogP contribution in [0.1, 0.15) is 25.3 Å². The minimum absolute atomic E-state index is 0.0255. The van der Waals surface area contributed by atoms with E-state index in [0.717, 1.165) is 18.2 Å². The number of aliphatic carboxylic acids is 1. The maximum atomic E-state index is 13.3. The Morgan fingerprint density at radius 3 is 2.60 bits per heavy atom. The predicted octanol–water partition coefficient (Wildman–Crippen LogP) is 1.21. The van der Waals surface area contributed by atoms with Gasteiger partial charge in [0.05, 0.1) is 18.4 Å². The maximum absolute atomic E-state index is 13.3. The van der Waals surface area contributed by atoms with Gasteiger partial charge in [-0.25, -0.2) is 13.6 Å². The molecule has 2 N–H and O–H groups in total. The van der Waals surface area contributed by atoms with E-state index >= 15 is 0 Å². The van der Waals surface area contributed by atoms with Crippen molar-refractivity contribution in [2.24, 2.45) is 5.16 Å². The molecule has 1 aromatic rings. The highest BCUT2D eigenvalue weighted by atomic mass is 19.1. The van der Waals surface area contributed by atoms with E-state index in [1.54, 1.807) is 0 Å². The zero-order valence-corrected chi connectivity index (χ0v) is 13.3. The Kier molecular flexibility index (Phi) is 4.42. The molecular formula is C16H16F2N2O5. The van der Waals surface area contributed by atoms with E-state index in [4.69, 9.17) is 14.7 Å². The molecule has 3 rings (SSSR count). The molecule has 2 heterocycles. The molecular weight excluding hydrogens is 338 g/mol. The Labute approximate surface area is 141 Å². The number of carboxylic acid groups (broad SMARTS) is 1. The fraction of sp³-hybridized carbons (Fsp3) is 0.438. The van der Waals surface area contributed by atoms with Crippen LogP contribution in [-0.4, -0.2) is 47.0 Å². The van der Waals surface area contributed by atoms with Gasteiger partial charge in [0.1, 0.15) is 11.6 Å². The van der Waals surface area contributed by atoms with Gasteiger partial charge in [0.15, 0.2) is 6.10 Å². The van der Waals surface area contributed by atoms with Gasteiger partial charge >= 0.3 is 5.97 Å². The number of hydrogen-bond acceptors (Lipinski definition) is 5. The molecule has 1 saturated heterocycles. The second-order valence-electron chi connectivity index (χ2n) is 6.26. The van der Waals surface area contributed by atoms with Crippen molar-refractivity contribution in [2.75, 3.05) is 6.61 Å². The van der Waals surface area contributed by atoms with Crippen LogP contribution < -0.4 is 5.32 Å². The quantitative estimate of drug-likeness (QED) is 0.847. The number of rotatable bonds is 4. The molecule has 1 amide bonds. The molecule has 25 heavy (non-hydrogen) atoms. The van der Waals surface area contributed by atoms with Crippen LogP contribution in [0.25, 0.3) is 0 Å². The lowest BCUT2D eigenvalue weighted by Crippen LogP contribution is -2.49. The van der Waals surface area contributed by atoms with Crippen molar-refractivity contribution >= 4 is 17.6 Å².